The van der Waals surface area contributed by atoms with Crippen LogP contribution in [0.1, 0.15) is 23.7 Å². The SMILES string of the molecule is Cc1cccc(S(=O)(=O)N[C@@H]2CC(=O)N(C)[C@H]2c2ccnn2C)c1. The van der Waals surface area contributed by atoms with Crippen LogP contribution < -0.4 is 4.72 Å². The molecule has 2 heterocycles. The quantitative estimate of drug-likeness (QED) is 0.893. The smallest absolute Gasteiger partial charge is 0.240 e. The third-order valence-corrected chi connectivity index (χ3v) is 5.84. The topological polar surface area (TPSA) is 84.3 Å². The highest BCUT2D eigenvalue weighted by Gasteiger charge is 2.42. The van der Waals surface area contributed by atoms with E-state index in [0.717, 1.165) is 11.3 Å². The standard InChI is InChI=1S/C16H20N4O3S/c1-11-5-4-6-12(9-11)24(22,23)18-13-10-15(21)19(2)16(13)14-7-8-17-20(14)3/h4-9,13,16,18H,10H2,1-3H3/t13-,16-/m1/s1. The van der Waals surface area contributed by atoms with Gasteiger partial charge in [-0.3, -0.25) is 9.48 Å². The Morgan fingerprint density at radius 1 is 1.25 bits per heavy atom. The molecule has 1 amide bonds. The number of aryl methyl sites for hydroxylation is 2. The number of aromatic nitrogens is 2. The molecular formula is C16H20N4O3S. The number of nitrogens with one attached hydrogen (secondary N) is 1. The van der Waals surface area contributed by atoms with Gasteiger partial charge in [-0.05, 0) is 30.7 Å². The number of nitrogens with zero attached hydrogens (tertiary/aromatic N) is 3. The van der Waals surface area contributed by atoms with E-state index in [0.29, 0.717) is 0 Å². The van der Waals surface area contributed by atoms with Crippen LogP contribution in [-0.2, 0) is 21.9 Å². The number of sulfonamides is 1. The maximum absolute atomic E-state index is 12.7. The molecule has 0 aliphatic carbocycles. The number of hydrogen-bond donors (Lipinski definition) is 1. The second-order valence-corrected chi connectivity index (χ2v) is 7.79. The molecule has 1 saturated heterocycles. The summed E-state index contributed by atoms with van der Waals surface area (Å²) in [6.07, 6.45) is 1.76. The van der Waals surface area contributed by atoms with Crippen LogP contribution in [0.2, 0.25) is 0 Å². The second-order valence-electron chi connectivity index (χ2n) is 6.08. The van der Waals surface area contributed by atoms with Crippen molar-refractivity contribution >= 4 is 15.9 Å². The number of benzene rings is 1. The maximum Gasteiger partial charge on any atom is 0.240 e. The summed E-state index contributed by atoms with van der Waals surface area (Å²) in [4.78, 5) is 13.9. The Bertz CT molecular complexity index is 875. The summed E-state index contributed by atoms with van der Waals surface area (Å²) < 4.78 is 29.7. The van der Waals surface area contributed by atoms with Gasteiger partial charge in [-0.25, -0.2) is 13.1 Å². The molecular weight excluding hydrogens is 328 g/mol. The first-order valence-corrected chi connectivity index (χ1v) is 9.10. The molecule has 1 N–H and O–H groups in total. The molecule has 1 aliphatic heterocycles. The van der Waals surface area contributed by atoms with E-state index < -0.39 is 16.1 Å². The average Bonchev–Trinajstić information content (AvgIpc) is 3.03. The van der Waals surface area contributed by atoms with Crippen molar-refractivity contribution in [1.82, 2.24) is 19.4 Å². The van der Waals surface area contributed by atoms with Crippen molar-refractivity contribution in [2.45, 2.75) is 30.3 Å². The number of amides is 1. The summed E-state index contributed by atoms with van der Waals surface area (Å²) in [5, 5.41) is 4.12. The number of carbonyl (C=O) groups is 1. The highest BCUT2D eigenvalue weighted by Crippen LogP contribution is 2.32. The predicted octanol–water partition coefficient (Wildman–Crippen LogP) is 0.979. The third-order valence-electron chi connectivity index (χ3n) is 4.35. The van der Waals surface area contributed by atoms with Crippen LogP contribution in [0, 0.1) is 6.92 Å². The van der Waals surface area contributed by atoms with Crippen molar-refractivity contribution in [3.63, 3.8) is 0 Å². The van der Waals surface area contributed by atoms with E-state index in [4.69, 9.17) is 0 Å². The molecule has 7 nitrogen and oxygen atoms in total. The van der Waals surface area contributed by atoms with E-state index in [-0.39, 0.29) is 23.3 Å². The first-order chi connectivity index (χ1) is 11.3. The summed E-state index contributed by atoms with van der Waals surface area (Å²) in [5.41, 5.74) is 1.65. The largest absolute Gasteiger partial charge is 0.335 e. The fraction of sp³-hybridized carbons (Fsp3) is 0.375. The lowest BCUT2D eigenvalue weighted by Crippen LogP contribution is -2.39. The normalized spacial score (nSPS) is 21.5. The number of carbonyl (C=O) groups excluding carboxylic acids is 1. The molecule has 1 aromatic heterocycles. The summed E-state index contributed by atoms with van der Waals surface area (Å²) >= 11 is 0. The molecule has 24 heavy (non-hydrogen) atoms. The van der Waals surface area contributed by atoms with E-state index in [2.05, 4.69) is 9.82 Å². The average molecular weight is 348 g/mol. The molecule has 1 aliphatic rings. The highest BCUT2D eigenvalue weighted by atomic mass is 32.2. The van der Waals surface area contributed by atoms with Gasteiger partial charge < -0.3 is 4.90 Å². The van der Waals surface area contributed by atoms with E-state index in [1.807, 2.05) is 13.0 Å². The minimum absolute atomic E-state index is 0.0989. The van der Waals surface area contributed by atoms with Crippen LogP contribution in [0.15, 0.2) is 41.4 Å². The number of hydrogen-bond acceptors (Lipinski definition) is 4. The zero-order valence-corrected chi connectivity index (χ0v) is 14.6. The minimum Gasteiger partial charge on any atom is -0.335 e. The van der Waals surface area contributed by atoms with Crippen LogP contribution in [0.25, 0.3) is 0 Å². The molecule has 1 fully saturated rings. The van der Waals surface area contributed by atoms with Crippen LogP contribution in [0.3, 0.4) is 0 Å². The Morgan fingerprint density at radius 2 is 2.00 bits per heavy atom. The van der Waals surface area contributed by atoms with Crippen molar-refractivity contribution in [2.75, 3.05) is 7.05 Å². The molecule has 0 spiro atoms. The van der Waals surface area contributed by atoms with E-state index in [1.54, 1.807) is 54.1 Å². The van der Waals surface area contributed by atoms with Crippen LogP contribution in [0.5, 0.6) is 0 Å². The van der Waals surface area contributed by atoms with Gasteiger partial charge in [0.25, 0.3) is 0 Å². The van der Waals surface area contributed by atoms with Gasteiger partial charge in [0, 0.05) is 26.7 Å². The van der Waals surface area contributed by atoms with Gasteiger partial charge in [0.15, 0.2) is 0 Å². The van der Waals surface area contributed by atoms with E-state index in [1.165, 1.54) is 0 Å². The molecule has 8 heteroatoms. The summed E-state index contributed by atoms with van der Waals surface area (Å²) in [5.74, 6) is -0.0989. The van der Waals surface area contributed by atoms with Gasteiger partial charge in [0.05, 0.1) is 22.7 Å². The minimum atomic E-state index is -3.71. The lowest BCUT2D eigenvalue weighted by Gasteiger charge is -2.25. The van der Waals surface area contributed by atoms with Crippen LogP contribution >= 0.6 is 0 Å². The molecule has 128 valence electrons. The first kappa shape index (κ1) is 16.7. The number of likely N-dealkylation sites (N-methyl/N-ethyl adjacent to an activating group) is 1. The van der Waals surface area contributed by atoms with E-state index >= 15 is 0 Å². The number of likely N-dealkylation sites (tertiary alicyclic amines) is 1. The summed E-state index contributed by atoms with van der Waals surface area (Å²) in [6, 6.07) is 7.58. The van der Waals surface area contributed by atoms with Crippen LogP contribution in [-0.4, -0.2) is 42.1 Å². The van der Waals surface area contributed by atoms with Gasteiger partial charge >= 0.3 is 0 Å². The maximum atomic E-state index is 12.7. The Balaban J connectivity index is 1.93. The molecule has 0 unspecified atom stereocenters. The Kier molecular flexibility index (Phi) is 4.18. The Labute approximate surface area is 141 Å². The predicted molar refractivity (Wildman–Crippen MR) is 88.6 cm³/mol. The summed E-state index contributed by atoms with van der Waals surface area (Å²) in [6.45, 7) is 1.84. The van der Waals surface area contributed by atoms with Gasteiger partial charge in [-0.2, -0.15) is 5.10 Å². The van der Waals surface area contributed by atoms with Crippen LogP contribution in [0.4, 0.5) is 0 Å². The molecule has 0 radical (unpaired) electrons. The fourth-order valence-corrected chi connectivity index (χ4v) is 4.45. The monoisotopic (exact) mass is 348 g/mol. The molecule has 2 aromatic rings. The van der Waals surface area contributed by atoms with Crippen molar-refractivity contribution in [3.05, 3.63) is 47.8 Å². The third kappa shape index (κ3) is 2.94. The van der Waals surface area contributed by atoms with Gasteiger partial charge in [0.2, 0.25) is 15.9 Å². The van der Waals surface area contributed by atoms with Crippen molar-refractivity contribution < 1.29 is 13.2 Å². The van der Waals surface area contributed by atoms with Gasteiger partial charge in [0.1, 0.15) is 0 Å². The summed E-state index contributed by atoms with van der Waals surface area (Å²) in [7, 11) is -0.251. The molecule has 3 rings (SSSR count). The molecule has 0 bridgehead atoms. The van der Waals surface area contributed by atoms with Gasteiger partial charge in [-0.1, -0.05) is 12.1 Å². The Morgan fingerprint density at radius 3 is 2.62 bits per heavy atom. The lowest BCUT2D eigenvalue weighted by atomic mass is 10.1. The zero-order chi connectivity index (χ0) is 17.5. The first-order valence-electron chi connectivity index (χ1n) is 7.62. The molecule has 0 saturated carbocycles. The lowest BCUT2D eigenvalue weighted by molar-refractivity contribution is -0.127. The van der Waals surface area contributed by atoms with E-state index in [9.17, 15) is 13.2 Å². The molecule has 2 atom stereocenters. The highest BCUT2D eigenvalue weighted by molar-refractivity contribution is 7.89. The second kappa shape index (κ2) is 6.03. The Hall–Kier alpha value is -2.19. The van der Waals surface area contributed by atoms with Crippen molar-refractivity contribution in [2.24, 2.45) is 7.05 Å². The van der Waals surface area contributed by atoms with Crippen molar-refractivity contribution in [3.8, 4) is 0 Å². The number of rotatable bonds is 4. The van der Waals surface area contributed by atoms with Crippen molar-refractivity contribution in [1.29, 1.82) is 0 Å². The molecule has 1 aromatic carbocycles. The van der Waals surface area contributed by atoms with Gasteiger partial charge in [-0.15, -0.1) is 0 Å². The zero-order valence-electron chi connectivity index (χ0n) is 13.8. The fourth-order valence-electron chi connectivity index (χ4n) is 3.10.